The third kappa shape index (κ3) is 2.07. The highest BCUT2D eigenvalue weighted by Gasteiger charge is 2.30. The number of nitrogens with zero attached hydrogens (tertiary/aromatic N) is 2. The molecule has 0 spiro atoms. The molecule has 88 valence electrons. The van der Waals surface area contributed by atoms with E-state index in [1.54, 1.807) is 19.2 Å². The average Bonchev–Trinajstić information content (AvgIpc) is 2.66. The van der Waals surface area contributed by atoms with Gasteiger partial charge in [-0.2, -0.15) is 4.98 Å². The van der Waals surface area contributed by atoms with E-state index in [2.05, 4.69) is 4.98 Å². The van der Waals surface area contributed by atoms with Crippen molar-refractivity contribution in [2.24, 2.45) is 0 Å². The van der Waals surface area contributed by atoms with Gasteiger partial charge >= 0.3 is 5.69 Å². The van der Waals surface area contributed by atoms with Crippen molar-refractivity contribution < 1.29 is 9.84 Å². The minimum Gasteiger partial charge on any atom is -0.391 e. The van der Waals surface area contributed by atoms with Gasteiger partial charge < -0.3 is 15.6 Å². The van der Waals surface area contributed by atoms with Crippen LogP contribution in [0.15, 0.2) is 17.1 Å². The lowest BCUT2D eigenvalue weighted by Crippen LogP contribution is -2.29. The zero-order valence-corrected chi connectivity index (χ0v) is 9.04. The number of rotatable bonds is 2. The van der Waals surface area contributed by atoms with Crippen molar-refractivity contribution in [2.45, 2.75) is 38.2 Å². The first-order valence-corrected chi connectivity index (χ1v) is 5.26. The fourth-order valence-electron chi connectivity index (χ4n) is 1.85. The number of aromatic nitrogens is 2. The zero-order chi connectivity index (χ0) is 11.7. The quantitative estimate of drug-likeness (QED) is 0.732. The van der Waals surface area contributed by atoms with Crippen molar-refractivity contribution in [3.05, 3.63) is 22.7 Å². The minimum atomic E-state index is -0.526. The van der Waals surface area contributed by atoms with E-state index < -0.39 is 11.8 Å². The molecule has 0 unspecified atom stereocenters. The van der Waals surface area contributed by atoms with Crippen LogP contribution in [0.1, 0.15) is 26.0 Å². The SMILES string of the molecule is C[C@H](O)[C@@H]1CC[C@H](n2ccc(N)nc2=O)O1. The Morgan fingerprint density at radius 1 is 1.69 bits per heavy atom. The molecule has 1 aromatic rings. The monoisotopic (exact) mass is 225 g/mol. The van der Waals surface area contributed by atoms with Gasteiger partial charge in [0, 0.05) is 6.20 Å². The molecule has 0 aliphatic carbocycles. The molecule has 2 rings (SSSR count). The summed E-state index contributed by atoms with van der Waals surface area (Å²) in [5, 5.41) is 9.38. The molecule has 1 aliphatic rings. The van der Waals surface area contributed by atoms with Crippen LogP contribution in [0, 0.1) is 0 Å². The number of hydrogen-bond acceptors (Lipinski definition) is 5. The highest BCUT2D eigenvalue weighted by molar-refractivity contribution is 5.23. The maximum absolute atomic E-state index is 11.5. The van der Waals surface area contributed by atoms with Crippen LogP contribution in [0.3, 0.4) is 0 Å². The van der Waals surface area contributed by atoms with E-state index in [0.717, 1.165) is 6.42 Å². The zero-order valence-electron chi connectivity index (χ0n) is 9.04. The Hall–Kier alpha value is -1.40. The summed E-state index contributed by atoms with van der Waals surface area (Å²) < 4.78 is 6.96. The molecule has 3 atom stereocenters. The first-order chi connectivity index (χ1) is 7.58. The molecular weight excluding hydrogens is 210 g/mol. The van der Waals surface area contributed by atoms with E-state index in [1.165, 1.54) is 4.57 Å². The van der Waals surface area contributed by atoms with Gasteiger partial charge in [0.1, 0.15) is 12.0 Å². The normalized spacial score (nSPS) is 26.9. The van der Waals surface area contributed by atoms with Crippen molar-refractivity contribution in [1.29, 1.82) is 0 Å². The van der Waals surface area contributed by atoms with Crippen molar-refractivity contribution in [2.75, 3.05) is 5.73 Å². The molecule has 0 amide bonds. The highest BCUT2D eigenvalue weighted by atomic mass is 16.5. The Morgan fingerprint density at radius 3 is 3.00 bits per heavy atom. The predicted molar refractivity (Wildman–Crippen MR) is 57.7 cm³/mol. The first kappa shape index (κ1) is 11.1. The molecule has 1 saturated heterocycles. The molecule has 0 aromatic carbocycles. The molecule has 1 aromatic heterocycles. The van der Waals surface area contributed by atoms with E-state index in [4.69, 9.17) is 10.5 Å². The van der Waals surface area contributed by atoms with Crippen LogP contribution in [0.25, 0.3) is 0 Å². The second kappa shape index (κ2) is 4.23. The summed E-state index contributed by atoms with van der Waals surface area (Å²) in [5.41, 5.74) is 4.98. The Bertz CT molecular complexity index is 430. The molecule has 2 heterocycles. The second-order valence-corrected chi connectivity index (χ2v) is 3.99. The summed E-state index contributed by atoms with van der Waals surface area (Å²) in [4.78, 5) is 15.2. The van der Waals surface area contributed by atoms with Crippen LogP contribution in [0.2, 0.25) is 0 Å². The first-order valence-electron chi connectivity index (χ1n) is 5.26. The number of nitrogen functional groups attached to an aromatic ring is 1. The Balaban J connectivity index is 2.18. The molecule has 0 bridgehead atoms. The lowest BCUT2D eigenvalue weighted by atomic mass is 10.1. The number of aliphatic hydroxyl groups is 1. The number of nitrogens with two attached hydrogens (primary N) is 1. The topological polar surface area (TPSA) is 90.4 Å². The van der Waals surface area contributed by atoms with Crippen LogP contribution >= 0.6 is 0 Å². The molecule has 6 heteroatoms. The van der Waals surface area contributed by atoms with Gasteiger partial charge in [0.05, 0.1) is 12.2 Å². The van der Waals surface area contributed by atoms with Crippen LogP contribution < -0.4 is 11.4 Å². The molecule has 0 radical (unpaired) electrons. The van der Waals surface area contributed by atoms with Crippen LogP contribution in [-0.2, 0) is 4.74 Å². The van der Waals surface area contributed by atoms with E-state index >= 15 is 0 Å². The fraction of sp³-hybridized carbons (Fsp3) is 0.600. The van der Waals surface area contributed by atoms with Crippen molar-refractivity contribution >= 4 is 5.82 Å². The van der Waals surface area contributed by atoms with Gasteiger partial charge in [0.15, 0.2) is 0 Å². The lowest BCUT2D eigenvalue weighted by molar-refractivity contribution is -0.0544. The van der Waals surface area contributed by atoms with Crippen molar-refractivity contribution in [3.8, 4) is 0 Å². The third-order valence-corrected chi connectivity index (χ3v) is 2.73. The van der Waals surface area contributed by atoms with Gasteiger partial charge in [0.25, 0.3) is 0 Å². The van der Waals surface area contributed by atoms with Crippen LogP contribution in [0.4, 0.5) is 5.82 Å². The van der Waals surface area contributed by atoms with Gasteiger partial charge in [-0.3, -0.25) is 4.57 Å². The summed E-state index contributed by atoms with van der Waals surface area (Å²) in [5.74, 6) is 0.200. The summed E-state index contributed by atoms with van der Waals surface area (Å²) >= 11 is 0. The second-order valence-electron chi connectivity index (χ2n) is 3.99. The summed E-state index contributed by atoms with van der Waals surface area (Å²) in [7, 11) is 0. The number of aliphatic hydroxyl groups excluding tert-OH is 1. The van der Waals surface area contributed by atoms with E-state index in [-0.39, 0.29) is 18.1 Å². The summed E-state index contributed by atoms with van der Waals surface area (Å²) in [6, 6.07) is 1.56. The molecule has 16 heavy (non-hydrogen) atoms. The Morgan fingerprint density at radius 2 is 2.44 bits per heavy atom. The van der Waals surface area contributed by atoms with E-state index in [9.17, 15) is 9.90 Å². The van der Waals surface area contributed by atoms with Gasteiger partial charge in [-0.15, -0.1) is 0 Å². The van der Waals surface area contributed by atoms with E-state index in [0.29, 0.717) is 6.42 Å². The minimum absolute atomic E-state index is 0.200. The number of anilines is 1. The third-order valence-electron chi connectivity index (χ3n) is 2.73. The maximum atomic E-state index is 11.5. The summed E-state index contributed by atoms with van der Waals surface area (Å²) in [6.45, 7) is 1.68. The lowest BCUT2D eigenvalue weighted by Gasteiger charge is -2.17. The molecule has 6 nitrogen and oxygen atoms in total. The van der Waals surface area contributed by atoms with Gasteiger partial charge in [-0.25, -0.2) is 4.79 Å². The Kier molecular flexibility index (Phi) is 2.93. The largest absolute Gasteiger partial charge is 0.391 e. The summed E-state index contributed by atoms with van der Waals surface area (Å²) in [6.07, 6.45) is 1.91. The predicted octanol–water partition coefficient (Wildman–Crippen LogP) is -0.116. The van der Waals surface area contributed by atoms with Gasteiger partial charge in [-0.05, 0) is 25.8 Å². The van der Waals surface area contributed by atoms with E-state index in [1.807, 2.05) is 0 Å². The maximum Gasteiger partial charge on any atom is 0.351 e. The standard InChI is InChI=1S/C10H15N3O3/c1-6(14)7-2-3-9(16-7)13-5-4-8(11)12-10(13)15/h4-7,9,14H,2-3H2,1H3,(H2,11,12,15)/t6-,7-,9+/m0/s1. The molecule has 0 saturated carbocycles. The highest BCUT2D eigenvalue weighted by Crippen LogP contribution is 2.28. The van der Waals surface area contributed by atoms with Gasteiger partial charge in [-0.1, -0.05) is 0 Å². The molecular formula is C10H15N3O3. The number of ether oxygens (including phenoxy) is 1. The van der Waals surface area contributed by atoms with Crippen molar-refractivity contribution in [3.63, 3.8) is 0 Å². The van der Waals surface area contributed by atoms with Crippen LogP contribution in [-0.4, -0.2) is 26.9 Å². The van der Waals surface area contributed by atoms with Crippen molar-refractivity contribution in [1.82, 2.24) is 9.55 Å². The number of hydrogen-bond donors (Lipinski definition) is 2. The van der Waals surface area contributed by atoms with Crippen LogP contribution in [0.5, 0.6) is 0 Å². The average molecular weight is 225 g/mol. The Labute approximate surface area is 92.7 Å². The molecule has 1 fully saturated rings. The smallest absolute Gasteiger partial charge is 0.351 e. The molecule has 3 N–H and O–H groups in total. The fourth-order valence-corrected chi connectivity index (χ4v) is 1.85. The molecule has 1 aliphatic heterocycles. The van der Waals surface area contributed by atoms with Gasteiger partial charge in [0.2, 0.25) is 0 Å².